The molecule has 0 amide bonds. The fourth-order valence-electron chi connectivity index (χ4n) is 3.13. The molecule has 2 nitrogen and oxygen atoms in total. The van der Waals surface area contributed by atoms with Gasteiger partial charge in [-0.25, -0.2) is 0 Å². The number of anilines is 1. The molecule has 2 heteroatoms. The summed E-state index contributed by atoms with van der Waals surface area (Å²) in [5.41, 5.74) is 11.1. The topological polar surface area (TPSA) is 29.3 Å². The number of hydrogen-bond acceptors (Lipinski definition) is 2. The van der Waals surface area contributed by atoms with Crippen LogP contribution in [0.25, 0.3) is 0 Å². The Morgan fingerprint density at radius 2 is 1.90 bits per heavy atom. The third-order valence-electron chi connectivity index (χ3n) is 4.33. The normalized spacial score (nSPS) is 18.0. The lowest BCUT2D eigenvalue weighted by Gasteiger charge is -2.32. The summed E-state index contributed by atoms with van der Waals surface area (Å²) in [4.78, 5) is 2.47. The third-order valence-corrected chi connectivity index (χ3v) is 4.33. The average Bonchev–Trinajstić information content (AvgIpc) is 2.47. The Balaban J connectivity index is 1.70. The molecule has 2 aromatic carbocycles. The molecule has 2 N–H and O–H groups in total. The highest BCUT2D eigenvalue weighted by Crippen LogP contribution is 2.26. The molecule has 0 bridgehead atoms. The van der Waals surface area contributed by atoms with Gasteiger partial charge in [0.25, 0.3) is 0 Å². The number of nitrogen functional groups attached to an aromatic ring is 1. The van der Waals surface area contributed by atoms with Gasteiger partial charge >= 0.3 is 0 Å². The minimum absolute atomic E-state index is 0.615. The van der Waals surface area contributed by atoms with Gasteiger partial charge in [0, 0.05) is 18.3 Å². The average molecular weight is 266 g/mol. The third kappa shape index (κ3) is 2.86. The molecule has 0 radical (unpaired) electrons. The summed E-state index contributed by atoms with van der Waals surface area (Å²) in [6.45, 7) is 1.02. The van der Waals surface area contributed by atoms with Crippen LogP contribution >= 0.6 is 0 Å². The minimum atomic E-state index is 0.615. The van der Waals surface area contributed by atoms with E-state index < -0.39 is 0 Å². The van der Waals surface area contributed by atoms with E-state index in [1.165, 1.54) is 29.5 Å². The Morgan fingerprint density at radius 3 is 2.70 bits per heavy atom. The maximum atomic E-state index is 5.91. The highest BCUT2D eigenvalue weighted by molar-refractivity contribution is 5.46. The number of hydrogen-bond donors (Lipinski definition) is 1. The van der Waals surface area contributed by atoms with Gasteiger partial charge in [0.1, 0.15) is 0 Å². The maximum Gasteiger partial charge on any atom is 0.0316 e. The number of likely N-dealkylation sites (N-methyl/N-ethyl adjacent to an activating group) is 1. The lowest BCUT2D eigenvalue weighted by atomic mass is 9.87. The number of aryl methyl sites for hydroxylation is 1. The Kier molecular flexibility index (Phi) is 3.75. The van der Waals surface area contributed by atoms with Crippen molar-refractivity contribution in [3.63, 3.8) is 0 Å². The van der Waals surface area contributed by atoms with Crippen molar-refractivity contribution in [1.29, 1.82) is 0 Å². The molecule has 0 saturated carbocycles. The van der Waals surface area contributed by atoms with E-state index in [0.717, 1.165) is 18.7 Å². The molecule has 0 aromatic heterocycles. The minimum Gasteiger partial charge on any atom is -0.399 e. The molecule has 20 heavy (non-hydrogen) atoms. The number of nitrogens with two attached hydrogens (primary N) is 1. The van der Waals surface area contributed by atoms with E-state index in [1.807, 2.05) is 6.07 Å². The molecular formula is C18H22N2. The summed E-state index contributed by atoms with van der Waals surface area (Å²) in [6.07, 6.45) is 3.52. The van der Waals surface area contributed by atoms with Gasteiger partial charge in [0.15, 0.2) is 0 Å². The highest BCUT2D eigenvalue weighted by Gasteiger charge is 2.22. The lowest BCUT2D eigenvalue weighted by Crippen LogP contribution is -2.36. The van der Waals surface area contributed by atoms with Gasteiger partial charge in [-0.05, 0) is 55.1 Å². The van der Waals surface area contributed by atoms with Crippen LogP contribution < -0.4 is 5.73 Å². The number of fused-ring (bicyclic) bond motifs is 1. The van der Waals surface area contributed by atoms with E-state index in [2.05, 4.69) is 54.4 Å². The van der Waals surface area contributed by atoms with Gasteiger partial charge in [-0.15, -0.1) is 0 Å². The SMILES string of the molecule is CN(Cc1ccccc1)C1CCc2ccc(N)cc2C1. The first-order valence-electron chi connectivity index (χ1n) is 7.34. The molecule has 0 fully saturated rings. The quantitative estimate of drug-likeness (QED) is 0.864. The van der Waals surface area contributed by atoms with Crippen molar-refractivity contribution in [2.24, 2.45) is 0 Å². The Labute approximate surface area is 121 Å². The highest BCUT2D eigenvalue weighted by atomic mass is 15.1. The second kappa shape index (κ2) is 5.68. The second-order valence-electron chi connectivity index (χ2n) is 5.83. The molecule has 2 aromatic rings. The summed E-state index contributed by atoms with van der Waals surface area (Å²) in [7, 11) is 2.23. The molecule has 104 valence electrons. The van der Waals surface area contributed by atoms with E-state index in [9.17, 15) is 0 Å². The van der Waals surface area contributed by atoms with Gasteiger partial charge in [0.05, 0.1) is 0 Å². The summed E-state index contributed by atoms with van der Waals surface area (Å²) in [5, 5.41) is 0. The van der Waals surface area contributed by atoms with Gasteiger partial charge in [-0.3, -0.25) is 4.90 Å². The number of nitrogens with zero attached hydrogens (tertiary/aromatic N) is 1. The first-order valence-corrected chi connectivity index (χ1v) is 7.34. The zero-order chi connectivity index (χ0) is 13.9. The first-order chi connectivity index (χ1) is 9.72. The Bertz CT molecular complexity index is 577. The monoisotopic (exact) mass is 266 g/mol. The molecule has 0 heterocycles. The predicted molar refractivity (Wildman–Crippen MR) is 84.6 cm³/mol. The number of rotatable bonds is 3. The molecule has 0 spiro atoms. The van der Waals surface area contributed by atoms with E-state index in [1.54, 1.807) is 0 Å². The fraction of sp³-hybridized carbons (Fsp3) is 0.333. The molecule has 1 atom stereocenters. The van der Waals surface area contributed by atoms with Crippen molar-refractivity contribution < 1.29 is 0 Å². The molecule has 1 unspecified atom stereocenters. The van der Waals surface area contributed by atoms with Gasteiger partial charge in [-0.2, -0.15) is 0 Å². The second-order valence-corrected chi connectivity index (χ2v) is 5.83. The van der Waals surface area contributed by atoms with E-state index in [-0.39, 0.29) is 0 Å². The summed E-state index contributed by atoms with van der Waals surface area (Å²) in [5.74, 6) is 0. The van der Waals surface area contributed by atoms with E-state index >= 15 is 0 Å². The standard InChI is InChI=1S/C18H22N2/c1-20(13-14-5-3-2-4-6-14)18-10-8-15-7-9-17(19)11-16(15)12-18/h2-7,9,11,18H,8,10,12-13,19H2,1H3. The van der Waals surface area contributed by atoms with Crippen LogP contribution in [0.5, 0.6) is 0 Å². The van der Waals surface area contributed by atoms with Crippen molar-refractivity contribution in [3.8, 4) is 0 Å². The smallest absolute Gasteiger partial charge is 0.0316 e. The first kappa shape index (κ1) is 13.2. The fourth-order valence-corrected chi connectivity index (χ4v) is 3.13. The Morgan fingerprint density at radius 1 is 1.10 bits per heavy atom. The molecule has 0 saturated heterocycles. The van der Waals surface area contributed by atoms with Crippen LogP contribution in [0.2, 0.25) is 0 Å². The number of benzene rings is 2. The van der Waals surface area contributed by atoms with Crippen molar-refractivity contribution in [2.45, 2.75) is 31.8 Å². The van der Waals surface area contributed by atoms with Crippen molar-refractivity contribution in [1.82, 2.24) is 4.90 Å². The van der Waals surface area contributed by atoms with Crippen LogP contribution in [0.3, 0.4) is 0 Å². The zero-order valence-electron chi connectivity index (χ0n) is 12.0. The van der Waals surface area contributed by atoms with Crippen LogP contribution in [0.15, 0.2) is 48.5 Å². The largest absolute Gasteiger partial charge is 0.399 e. The summed E-state index contributed by atoms with van der Waals surface area (Å²) in [6, 6.07) is 17.7. The van der Waals surface area contributed by atoms with Gasteiger partial charge in [0.2, 0.25) is 0 Å². The Hall–Kier alpha value is -1.80. The molecule has 1 aliphatic carbocycles. The van der Waals surface area contributed by atoms with Crippen molar-refractivity contribution in [2.75, 3.05) is 12.8 Å². The summed E-state index contributed by atoms with van der Waals surface area (Å²) >= 11 is 0. The zero-order valence-corrected chi connectivity index (χ0v) is 12.0. The van der Waals surface area contributed by atoms with Crippen LogP contribution in [0, 0.1) is 0 Å². The van der Waals surface area contributed by atoms with Gasteiger partial charge < -0.3 is 5.73 Å². The maximum absolute atomic E-state index is 5.91. The molecule has 0 aliphatic heterocycles. The van der Waals surface area contributed by atoms with Gasteiger partial charge in [-0.1, -0.05) is 36.4 Å². The predicted octanol–water partition coefficient (Wildman–Crippen LogP) is 3.26. The molecule has 3 rings (SSSR count). The van der Waals surface area contributed by atoms with E-state index in [4.69, 9.17) is 5.73 Å². The van der Waals surface area contributed by atoms with Crippen LogP contribution in [-0.2, 0) is 19.4 Å². The van der Waals surface area contributed by atoms with E-state index in [0.29, 0.717) is 6.04 Å². The van der Waals surface area contributed by atoms with Crippen LogP contribution in [0.1, 0.15) is 23.1 Å². The summed E-state index contributed by atoms with van der Waals surface area (Å²) < 4.78 is 0. The molecular weight excluding hydrogens is 244 g/mol. The van der Waals surface area contributed by atoms with Crippen molar-refractivity contribution in [3.05, 3.63) is 65.2 Å². The van der Waals surface area contributed by atoms with Crippen LogP contribution in [0.4, 0.5) is 5.69 Å². The van der Waals surface area contributed by atoms with Crippen LogP contribution in [-0.4, -0.2) is 18.0 Å². The van der Waals surface area contributed by atoms with Crippen molar-refractivity contribution >= 4 is 5.69 Å². The molecule has 1 aliphatic rings. The lowest BCUT2D eigenvalue weighted by molar-refractivity contribution is 0.214.